The molecule has 0 aliphatic carbocycles. The predicted octanol–water partition coefficient (Wildman–Crippen LogP) is 2.51. The third-order valence-electron chi connectivity index (χ3n) is 4.98. The summed E-state index contributed by atoms with van der Waals surface area (Å²) in [6, 6.07) is 9.77. The molecule has 2 bridgehead atoms. The van der Waals surface area contributed by atoms with Crippen LogP contribution in [0.5, 0.6) is 0 Å². The van der Waals surface area contributed by atoms with Gasteiger partial charge in [-0.2, -0.15) is 5.26 Å². The van der Waals surface area contributed by atoms with E-state index in [1.54, 1.807) is 12.3 Å². The Morgan fingerprint density at radius 1 is 1.33 bits per heavy atom. The van der Waals surface area contributed by atoms with Crippen LogP contribution in [0, 0.1) is 17.2 Å². The molecule has 1 aromatic heterocycles. The van der Waals surface area contributed by atoms with Crippen molar-refractivity contribution in [2.24, 2.45) is 5.92 Å². The first-order valence-electron chi connectivity index (χ1n) is 8.23. The van der Waals surface area contributed by atoms with Crippen LogP contribution in [0.1, 0.15) is 28.1 Å². The van der Waals surface area contributed by atoms with Gasteiger partial charge in [-0.25, -0.2) is 4.98 Å². The minimum absolute atomic E-state index is 0.0491. The number of piperidine rings is 3. The molecular formula is C18H18N4OS. The summed E-state index contributed by atoms with van der Waals surface area (Å²) >= 11 is 1.34. The van der Waals surface area contributed by atoms with Crippen LogP contribution >= 0.6 is 11.3 Å². The number of rotatable bonds is 3. The van der Waals surface area contributed by atoms with Crippen LogP contribution in [0.3, 0.4) is 0 Å². The normalized spacial score (nSPS) is 25.2. The number of thiazole rings is 1. The summed E-state index contributed by atoms with van der Waals surface area (Å²) < 4.78 is 0. The SMILES string of the molecule is N#Cc1ccccc1-c1ncc(C(=O)NC2CN3CCC2CC3)s1. The monoisotopic (exact) mass is 338 g/mol. The number of nitriles is 1. The molecule has 3 aliphatic heterocycles. The van der Waals surface area contributed by atoms with E-state index in [9.17, 15) is 10.1 Å². The van der Waals surface area contributed by atoms with Gasteiger partial charge in [0.05, 0.1) is 17.8 Å². The first kappa shape index (κ1) is 15.3. The van der Waals surface area contributed by atoms with Gasteiger partial charge >= 0.3 is 0 Å². The first-order valence-corrected chi connectivity index (χ1v) is 9.05. The lowest BCUT2D eigenvalue weighted by atomic mass is 9.84. The Morgan fingerprint density at radius 3 is 2.83 bits per heavy atom. The van der Waals surface area contributed by atoms with Gasteiger partial charge in [-0.05, 0) is 37.9 Å². The van der Waals surface area contributed by atoms with E-state index < -0.39 is 0 Å². The zero-order valence-corrected chi connectivity index (χ0v) is 14.1. The number of carbonyl (C=O) groups is 1. The summed E-state index contributed by atoms with van der Waals surface area (Å²) in [5.74, 6) is 0.553. The summed E-state index contributed by atoms with van der Waals surface area (Å²) in [5.41, 5.74) is 1.36. The van der Waals surface area contributed by atoms with Crippen molar-refractivity contribution in [2.75, 3.05) is 19.6 Å². The Balaban J connectivity index is 1.50. The van der Waals surface area contributed by atoms with E-state index in [2.05, 4.69) is 21.3 Å². The number of nitrogens with one attached hydrogen (secondary N) is 1. The highest BCUT2D eigenvalue weighted by molar-refractivity contribution is 7.16. The molecule has 3 aliphatic rings. The molecule has 3 saturated heterocycles. The second-order valence-corrected chi connectivity index (χ2v) is 7.44. The van der Waals surface area contributed by atoms with Gasteiger partial charge in [-0.1, -0.05) is 18.2 Å². The van der Waals surface area contributed by atoms with Gasteiger partial charge in [0.25, 0.3) is 5.91 Å². The largest absolute Gasteiger partial charge is 0.347 e. The molecule has 3 fully saturated rings. The van der Waals surface area contributed by atoms with Crippen molar-refractivity contribution in [2.45, 2.75) is 18.9 Å². The number of fused-ring (bicyclic) bond motifs is 3. The highest BCUT2D eigenvalue weighted by Crippen LogP contribution is 2.30. The van der Waals surface area contributed by atoms with Crippen molar-refractivity contribution in [1.29, 1.82) is 5.26 Å². The van der Waals surface area contributed by atoms with Crippen molar-refractivity contribution in [1.82, 2.24) is 15.2 Å². The zero-order valence-electron chi connectivity index (χ0n) is 13.2. The molecule has 1 amide bonds. The first-order chi connectivity index (χ1) is 11.7. The van der Waals surface area contributed by atoms with Gasteiger partial charge in [0.15, 0.2) is 0 Å². The number of carbonyl (C=O) groups excluding carboxylic acids is 1. The number of amides is 1. The maximum absolute atomic E-state index is 12.6. The molecule has 1 unspecified atom stereocenters. The van der Waals surface area contributed by atoms with Gasteiger partial charge < -0.3 is 10.2 Å². The van der Waals surface area contributed by atoms with E-state index in [0.717, 1.165) is 25.2 Å². The van der Waals surface area contributed by atoms with Gasteiger partial charge in [0, 0.05) is 18.2 Å². The van der Waals surface area contributed by atoms with E-state index in [4.69, 9.17) is 0 Å². The van der Waals surface area contributed by atoms with Crippen LogP contribution in [0.2, 0.25) is 0 Å². The Kier molecular flexibility index (Phi) is 4.05. The Morgan fingerprint density at radius 2 is 2.12 bits per heavy atom. The van der Waals surface area contributed by atoms with E-state index in [0.29, 0.717) is 21.4 Å². The van der Waals surface area contributed by atoms with Crippen molar-refractivity contribution in [3.63, 3.8) is 0 Å². The molecule has 1 aromatic carbocycles. The number of aromatic nitrogens is 1. The van der Waals surface area contributed by atoms with Gasteiger partial charge in [0.1, 0.15) is 9.88 Å². The van der Waals surface area contributed by atoms with Crippen LogP contribution in [0.4, 0.5) is 0 Å². The smallest absolute Gasteiger partial charge is 0.263 e. The van der Waals surface area contributed by atoms with Gasteiger partial charge in [-0.3, -0.25) is 4.79 Å². The van der Waals surface area contributed by atoms with E-state index in [1.165, 1.54) is 24.2 Å². The Bertz CT molecular complexity index is 801. The lowest BCUT2D eigenvalue weighted by Gasteiger charge is -2.44. The van der Waals surface area contributed by atoms with E-state index >= 15 is 0 Å². The molecule has 5 rings (SSSR count). The number of benzene rings is 1. The molecule has 4 heterocycles. The van der Waals surface area contributed by atoms with Crippen molar-refractivity contribution < 1.29 is 4.79 Å². The van der Waals surface area contributed by atoms with Crippen molar-refractivity contribution in [3.05, 3.63) is 40.9 Å². The third kappa shape index (κ3) is 2.81. The quantitative estimate of drug-likeness (QED) is 0.933. The molecule has 122 valence electrons. The van der Waals surface area contributed by atoms with Gasteiger partial charge in [-0.15, -0.1) is 11.3 Å². The topological polar surface area (TPSA) is 69.0 Å². The summed E-state index contributed by atoms with van der Waals surface area (Å²) in [6.07, 6.45) is 3.97. The second kappa shape index (κ2) is 6.34. The average molecular weight is 338 g/mol. The molecule has 0 radical (unpaired) electrons. The molecular weight excluding hydrogens is 320 g/mol. The van der Waals surface area contributed by atoms with Crippen molar-refractivity contribution in [3.8, 4) is 16.6 Å². The predicted molar refractivity (Wildman–Crippen MR) is 92.7 cm³/mol. The zero-order chi connectivity index (χ0) is 16.5. The maximum atomic E-state index is 12.6. The number of nitrogens with zero attached hydrogens (tertiary/aromatic N) is 3. The maximum Gasteiger partial charge on any atom is 0.263 e. The minimum atomic E-state index is -0.0491. The van der Waals surface area contributed by atoms with Crippen LogP contribution in [0.15, 0.2) is 30.5 Å². The molecule has 1 atom stereocenters. The lowest BCUT2D eigenvalue weighted by Crippen LogP contribution is -2.57. The fourth-order valence-corrected chi connectivity index (χ4v) is 4.50. The Labute approximate surface area is 144 Å². The number of hydrogen-bond acceptors (Lipinski definition) is 5. The minimum Gasteiger partial charge on any atom is -0.347 e. The summed E-state index contributed by atoms with van der Waals surface area (Å²) in [5, 5.41) is 13.1. The van der Waals surface area contributed by atoms with Gasteiger partial charge in [0.2, 0.25) is 0 Å². The molecule has 0 saturated carbocycles. The average Bonchev–Trinajstić information content (AvgIpc) is 3.13. The summed E-state index contributed by atoms with van der Waals surface area (Å²) in [4.78, 5) is 19.9. The summed E-state index contributed by atoms with van der Waals surface area (Å²) in [6.45, 7) is 3.28. The fraction of sp³-hybridized carbons (Fsp3) is 0.389. The van der Waals surface area contributed by atoms with Crippen LogP contribution in [-0.4, -0.2) is 41.5 Å². The highest BCUT2D eigenvalue weighted by atomic mass is 32.1. The van der Waals surface area contributed by atoms with E-state index in [1.807, 2.05) is 18.2 Å². The van der Waals surface area contributed by atoms with E-state index in [-0.39, 0.29) is 11.9 Å². The standard InChI is InChI=1S/C18H18N4OS/c19-9-13-3-1-2-4-14(13)18-20-10-16(24-18)17(23)21-15-11-22-7-5-12(15)6-8-22/h1-4,10,12,15H,5-8,11H2,(H,21,23). The molecule has 1 N–H and O–H groups in total. The lowest BCUT2D eigenvalue weighted by molar-refractivity contribution is 0.0622. The highest BCUT2D eigenvalue weighted by Gasteiger charge is 2.35. The summed E-state index contributed by atoms with van der Waals surface area (Å²) in [7, 11) is 0. The molecule has 0 spiro atoms. The molecule has 24 heavy (non-hydrogen) atoms. The molecule has 2 aromatic rings. The van der Waals surface area contributed by atoms with Crippen LogP contribution < -0.4 is 5.32 Å². The number of hydrogen-bond donors (Lipinski definition) is 1. The van der Waals surface area contributed by atoms with Crippen LogP contribution in [-0.2, 0) is 0 Å². The third-order valence-corrected chi connectivity index (χ3v) is 6.01. The fourth-order valence-electron chi connectivity index (χ4n) is 3.64. The Hall–Kier alpha value is -2.23. The molecule has 6 heteroatoms. The second-order valence-electron chi connectivity index (χ2n) is 6.41. The van der Waals surface area contributed by atoms with Crippen LogP contribution in [0.25, 0.3) is 10.6 Å². The molecule has 5 nitrogen and oxygen atoms in total. The van der Waals surface area contributed by atoms with Crippen molar-refractivity contribution >= 4 is 17.2 Å².